The summed E-state index contributed by atoms with van der Waals surface area (Å²) in [4.78, 5) is 36.1. The van der Waals surface area contributed by atoms with E-state index in [2.05, 4.69) is 10.2 Å². The lowest BCUT2D eigenvalue weighted by molar-refractivity contribution is -0.137. The first kappa shape index (κ1) is 20.3. The predicted octanol–water partition coefficient (Wildman–Crippen LogP) is 2.73. The molecule has 0 atom stereocenters. The van der Waals surface area contributed by atoms with Crippen molar-refractivity contribution < 1.29 is 23.8 Å². The van der Waals surface area contributed by atoms with E-state index in [0.717, 1.165) is 18.8 Å². The molecule has 1 amide bonds. The lowest BCUT2D eigenvalue weighted by Crippen LogP contribution is -2.25. The number of rotatable bonds is 9. The summed E-state index contributed by atoms with van der Waals surface area (Å²) in [7, 11) is 0. The van der Waals surface area contributed by atoms with Crippen molar-refractivity contribution in [3.05, 3.63) is 40.2 Å². The smallest absolute Gasteiger partial charge is 0.407 e. The van der Waals surface area contributed by atoms with Crippen LogP contribution >= 0.6 is 0 Å². The fourth-order valence-corrected chi connectivity index (χ4v) is 2.75. The van der Waals surface area contributed by atoms with E-state index in [4.69, 9.17) is 14.3 Å². The number of nitrogens with one attached hydrogen (secondary N) is 1. The third-order valence-corrected chi connectivity index (χ3v) is 4.14. The molecule has 1 aromatic carbocycles. The van der Waals surface area contributed by atoms with Crippen LogP contribution in [-0.4, -0.2) is 36.8 Å². The Morgan fingerprint density at radius 1 is 1.22 bits per heavy atom. The topological polar surface area (TPSA) is 109 Å². The number of carbonyl (C=O) groups excluding carboxylic acids is 1. The van der Waals surface area contributed by atoms with Crippen molar-refractivity contribution in [3.8, 4) is 0 Å². The molecule has 0 fully saturated rings. The predicted molar refractivity (Wildman–Crippen MR) is 101 cm³/mol. The van der Waals surface area contributed by atoms with Crippen LogP contribution in [0.15, 0.2) is 33.5 Å². The van der Waals surface area contributed by atoms with Gasteiger partial charge in [-0.15, -0.1) is 0 Å². The van der Waals surface area contributed by atoms with Gasteiger partial charge in [0.2, 0.25) is 0 Å². The molecule has 8 heteroatoms. The van der Waals surface area contributed by atoms with Crippen molar-refractivity contribution in [3.63, 3.8) is 0 Å². The Labute approximate surface area is 156 Å². The summed E-state index contributed by atoms with van der Waals surface area (Å²) in [6.07, 6.45) is -0.378. The minimum atomic E-state index is -0.920. The van der Waals surface area contributed by atoms with Crippen LogP contribution in [0, 0.1) is 0 Å². The van der Waals surface area contributed by atoms with Crippen LogP contribution in [0.3, 0.4) is 0 Å². The van der Waals surface area contributed by atoms with Gasteiger partial charge in [0, 0.05) is 54.8 Å². The van der Waals surface area contributed by atoms with E-state index in [1.54, 1.807) is 6.07 Å². The number of amides is 1. The zero-order valence-electron chi connectivity index (χ0n) is 15.5. The Balaban J connectivity index is 2.08. The van der Waals surface area contributed by atoms with Gasteiger partial charge in [-0.05, 0) is 32.4 Å². The van der Waals surface area contributed by atoms with Crippen LogP contribution in [0.2, 0.25) is 0 Å². The Morgan fingerprint density at radius 2 is 1.96 bits per heavy atom. The number of carboxylic acid groups (broad SMARTS) is 1. The van der Waals surface area contributed by atoms with Gasteiger partial charge in [-0.2, -0.15) is 0 Å². The van der Waals surface area contributed by atoms with Crippen molar-refractivity contribution >= 4 is 28.7 Å². The van der Waals surface area contributed by atoms with E-state index in [-0.39, 0.29) is 19.6 Å². The zero-order valence-corrected chi connectivity index (χ0v) is 15.5. The van der Waals surface area contributed by atoms with Gasteiger partial charge in [-0.25, -0.2) is 9.59 Å². The molecular formula is C19H24N2O6. The largest absolute Gasteiger partial charge is 0.481 e. The molecule has 2 rings (SSSR count). The van der Waals surface area contributed by atoms with Gasteiger partial charge < -0.3 is 24.5 Å². The minimum Gasteiger partial charge on any atom is -0.481 e. The van der Waals surface area contributed by atoms with Gasteiger partial charge in [0.1, 0.15) is 12.2 Å². The van der Waals surface area contributed by atoms with Crippen LogP contribution < -0.4 is 15.8 Å². The Kier molecular flexibility index (Phi) is 7.22. The molecule has 0 bridgehead atoms. The van der Waals surface area contributed by atoms with Crippen LogP contribution in [0.5, 0.6) is 0 Å². The summed E-state index contributed by atoms with van der Waals surface area (Å²) in [5.41, 5.74) is 1.42. The zero-order chi connectivity index (χ0) is 19.8. The first-order chi connectivity index (χ1) is 12.9. The number of carbonyl (C=O) groups is 2. The number of hydrogen-bond acceptors (Lipinski definition) is 6. The summed E-state index contributed by atoms with van der Waals surface area (Å²) in [5.74, 6) is -0.920. The van der Waals surface area contributed by atoms with E-state index in [1.807, 2.05) is 26.0 Å². The summed E-state index contributed by atoms with van der Waals surface area (Å²) in [5, 5.41) is 11.7. The van der Waals surface area contributed by atoms with E-state index in [1.165, 1.54) is 6.07 Å². The SMILES string of the molecule is CCN(CC)c1ccc2c(COC(=O)NCCCC(=O)O)cc(=O)oc2c1. The minimum absolute atomic E-state index is 0.0283. The first-order valence-electron chi connectivity index (χ1n) is 8.88. The highest BCUT2D eigenvalue weighted by molar-refractivity contribution is 5.83. The molecule has 0 radical (unpaired) electrons. The number of nitrogens with zero attached hydrogens (tertiary/aromatic N) is 1. The number of aliphatic carboxylic acids is 1. The van der Waals surface area contributed by atoms with Gasteiger partial charge >= 0.3 is 17.7 Å². The molecule has 1 aromatic heterocycles. The highest BCUT2D eigenvalue weighted by Gasteiger charge is 2.11. The van der Waals surface area contributed by atoms with Crippen molar-refractivity contribution in [1.82, 2.24) is 5.32 Å². The summed E-state index contributed by atoms with van der Waals surface area (Å²) >= 11 is 0. The standard InChI is InChI=1S/C19H24N2O6/c1-3-21(4-2)14-7-8-15-13(10-18(24)27-16(15)11-14)12-26-19(25)20-9-5-6-17(22)23/h7-8,10-11H,3-6,9,12H2,1-2H3,(H,20,25)(H,22,23). The van der Waals surface area contributed by atoms with Crippen LogP contribution in [0.25, 0.3) is 11.0 Å². The van der Waals surface area contributed by atoms with Crippen LogP contribution in [0.1, 0.15) is 32.3 Å². The van der Waals surface area contributed by atoms with Crippen LogP contribution in [-0.2, 0) is 16.1 Å². The van der Waals surface area contributed by atoms with E-state index in [9.17, 15) is 14.4 Å². The molecule has 2 aromatic rings. The van der Waals surface area contributed by atoms with Crippen molar-refractivity contribution in [2.75, 3.05) is 24.5 Å². The quantitative estimate of drug-likeness (QED) is 0.511. The molecule has 0 aliphatic heterocycles. The second-order valence-electron chi connectivity index (χ2n) is 5.94. The summed E-state index contributed by atoms with van der Waals surface area (Å²) in [6.45, 7) is 5.87. The second-order valence-corrected chi connectivity index (χ2v) is 5.94. The fourth-order valence-electron chi connectivity index (χ4n) is 2.75. The molecular weight excluding hydrogens is 352 g/mol. The van der Waals surface area contributed by atoms with Gasteiger partial charge in [-0.1, -0.05) is 0 Å². The van der Waals surface area contributed by atoms with Gasteiger partial charge in [-0.3, -0.25) is 4.79 Å². The number of alkyl carbamates (subject to hydrolysis) is 1. The maximum Gasteiger partial charge on any atom is 0.407 e. The number of ether oxygens (including phenoxy) is 1. The highest BCUT2D eigenvalue weighted by Crippen LogP contribution is 2.24. The number of hydrogen-bond donors (Lipinski definition) is 2. The second kappa shape index (κ2) is 9.61. The van der Waals surface area contributed by atoms with E-state index in [0.29, 0.717) is 23.0 Å². The number of carboxylic acids is 1. The molecule has 1 heterocycles. The molecule has 8 nitrogen and oxygen atoms in total. The molecule has 27 heavy (non-hydrogen) atoms. The third kappa shape index (κ3) is 5.73. The molecule has 0 saturated carbocycles. The summed E-state index contributed by atoms with van der Waals surface area (Å²) < 4.78 is 10.4. The molecule has 0 unspecified atom stereocenters. The van der Waals surface area contributed by atoms with Crippen molar-refractivity contribution in [1.29, 1.82) is 0 Å². The molecule has 0 saturated heterocycles. The monoisotopic (exact) mass is 376 g/mol. The Morgan fingerprint density at radius 3 is 2.63 bits per heavy atom. The lowest BCUT2D eigenvalue weighted by atomic mass is 10.1. The molecule has 0 aliphatic rings. The van der Waals surface area contributed by atoms with Gasteiger partial charge in [0.25, 0.3) is 0 Å². The highest BCUT2D eigenvalue weighted by atomic mass is 16.5. The first-order valence-corrected chi connectivity index (χ1v) is 8.88. The Hall–Kier alpha value is -3.03. The van der Waals surface area contributed by atoms with Crippen molar-refractivity contribution in [2.45, 2.75) is 33.3 Å². The molecule has 2 N–H and O–H groups in total. The molecule has 0 spiro atoms. The third-order valence-electron chi connectivity index (χ3n) is 4.14. The molecule has 0 aliphatic carbocycles. The summed E-state index contributed by atoms with van der Waals surface area (Å²) in [6, 6.07) is 6.89. The Bertz CT molecular complexity index is 857. The van der Waals surface area contributed by atoms with E-state index >= 15 is 0 Å². The van der Waals surface area contributed by atoms with Crippen LogP contribution in [0.4, 0.5) is 10.5 Å². The fraction of sp³-hybridized carbons (Fsp3) is 0.421. The maximum absolute atomic E-state index is 11.9. The number of anilines is 1. The number of fused-ring (bicyclic) bond motifs is 1. The van der Waals surface area contributed by atoms with E-state index < -0.39 is 17.7 Å². The average Bonchev–Trinajstić information content (AvgIpc) is 2.63. The number of benzene rings is 1. The lowest BCUT2D eigenvalue weighted by Gasteiger charge is -2.21. The normalized spacial score (nSPS) is 10.6. The average molecular weight is 376 g/mol. The van der Waals surface area contributed by atoms with Crippen molar-refractivity contribution in [2.24, 2.45) is 0 Å². The molecule has 146 valence electrons. The van der Waals surface area contributed by atoms with Gasteiger partial charge in [0.15, 0.2) is 0 Å². The van der Waals surface area contributed by atoms with Gasteiger partial charge in [0.05, 0.1) is 0 Å². The maximum atomic E-state index is 11.9.